The molecule has 0 amide bonds. The fourth-order valence-electron chi connectivity index (χ4n) is 2.87. The first-order chi connectivity index (χ1) is 10.7. The third kappa shape index (κ3) is 2.82. The molecule has 1 N–H and O–H groups in total. The lowest BCUT2D eigenvalue weighted by molar-refractivity contribution is -0.151. The summed E-state index contributed by atoms with van der Waals surface area (Å²) < 4.78 is 6.83. The van der Waals surface area contributed by atoms with E-state index in [9.17, 15) is 9.90 Å². The maximum Gasteiger partial charge on any atom is 0.331 e. The van der Waals surface area contributed by atoms with E-state index in [0.717, 1.165) is 25.4 Å². The summed E-state index contributed by atoms with van der Waals surface area (Å²) in [6, 6.07) is 5.52. The van der Waals surface area contributed by atoms with Crippen LogP contribution >= 0.6 is 0 Å². The van der Waals surface area contributed by atoms with Crippen LogP contribution in [-0.2, 0) is 10.3 Å². The molecule has 0 radical (unpaired) electrons. The summed E-state index contributed by atoms with van der Waals surface area (Å²) in [5, 5.41) is 13.8. The van der Waals surface area contributed by atoms with Crippen molar-refractivity contribution in [3.63, 3.8) is 0 Å². The molecule has 1 saturated heterocycles. The van der Waals surface area contributed by atoms with Crippen molar-refractivity contribution in [2.24, 2.45) is 0 Å². The first kappa shape index (κ1) is 14.6. The average molecular weight is 301 g/mol. The van der Waals surface area contributed by atoms with E-state index < -0.39 is 11.5 Å². The Kier molecular flexibility index (Phi) is 4.11. The van der Waals surface area contributed by atoms with Crippen molar-refractivity contribution in [3.05, 3.63) is 48.7 Å². The summed E-state index contributed by atoms with van der Waals surface area (Å²) in [6.45, 7) is 2.25. The van der Waals surface area contributed by atoms with E-state index in [0.29, 0.717) is 12.8 Å². The number of furan rings is 1. The van der Waals surface area contributed by atoms with Crippen molar-refractivity contribution in [2.45, 2.75) is 18.4 Å². The van der Waals surface area contributed by atoms with Crippen LogP contribution < -0.4 is 0 Å². The van der Waals surface area contributed by atoms with Gasteiger partial charge in [-0.05, 0) is 37.1 Å². The SMILES string of the molecule is O=C(O)C1(n2cccn2)CCN(C/C=C/c2ccco2)CC1. The molecule has 1 fully saturated rings. The minimum Gasteiger partial charge on any atom is -0.479 e. The van der Waals surface area contributed by atoms with Gasteiger partial charge in [0.15, 0.2) is 5.54 Å². The first-order valence-corrected chi connectivity index (χ1v) is 7.37. The fraction of sp³-hybridized carbons (Fsp3) is 0.375. The molecular formula is C16H19N3O3. The van der Waals surface area contributed by atoms with Crippen molar-refractivity contribution in [1.29, 1.82) is 0 Å². The third-order valence-corrected chi connectivity index (χ3v) is 4.21. The average Bonchev–Trinajstić information content (AvgIpc) is 3.21. The zero-order valence-corrected chi connectivity index (χ0v) is 12.3. The molecule has 3 heterocycles. The van der Waals surface area contributed by atoms with E-state index in [4.69, 9.17) is 4.42 Å². The van der Waals surface area contributed by atoms with E-state index >= 15 is 0 Å². The highest BCUT2D eigenvalue weighted by Gasteiger charge is 2.43. The molecule has 0 spiro atoms. The molecule has 6 heteroatoms. The topological polar surface area (TPSA) is 71.5 Å². The number of likely N-dealkylation sites (tertiary alicyclic amines) is 1. The molecule has 0 aromatic carbocycles. The molecule has 1 aliphatic rings. The van der Waals surface area contributed by atoms with Crippen LogP contribution in [0.3, 0.4) is 0 Å². The Morgan fingerprint density at radius 3 is 2.82 bits per heavy atom. The van der Waals surface area contributed by atoms with Gasteiger partial charge < -0.3 is 9.52 Å². The number of rotatable bonds is 5. The number of aliphatic carboxylic acids is 1. The molecule has 0 atom stereocenters. The highest BCUT2D eigenvalue weighted by molar-refractivity contribution is 5.76. The Hall–Kier alpha value is -2.34. The molecule has 0 unspecified atom stereocenters. The summed E-state index contributed by atoms with van der Waals surface area (Å²) >= 11 is 0. The number of aromatic nitrogens is 2. The normalized spacial score (nSPS) is 18.7. The molecule has 0 bridgehead atoms. The van der Waals surface area contributed by atoms with Crippen LogP contribution in [0.2, 0.25) is 0 Å². The van der Waals surface area contributed by atoms with Crippen molar-refractivity contribution >= 4 is 12.0 Å². The number of nitrogens with zero attached hydrogens (tertiary/aromatic N) is 3. The smallest absolute Gasteiger partial charge is 0.331 e. The molecule has 2 aromatic heterocycles. The molecule has 0 saturated carbocycles. The van der Waals surface area contributed by atoms with Crippen molar-refractivity contribution in [2.75, 3.05) is 19.6 Å². The first-order valence-electron chi connectivity index (χ1n) is 7.37. The standard InChI is InChI=1S/C16H19N3O3/c20-15(21)16(19-10-3-8-17-19)6-11-18(12-7-16)9-1-4-14-5-2-13-22-14/h1-5,8,10,13H,6-7,9,11-12H2,(H,20,21)/b4-1+. The van der Waals surface area contributed by atoms with Gasteiger partial charge in [-0.2, -0.15) is 5.10 Å². The number of hydrogen-bond acceptors (Lipinski definition) is 4. The molecule has 0 aliphatic carbocycles. The lowest BCUT2D eigenvalue weighted by Gasteiger charge is -2.38. The van der Waals surface area contributed by atoms with Crippen LogP contribution in [0.1, 0.15) is 18.6 Å². The van der Waals surface area contributed by atoms with E-state index in [-0.39, 0.29) is 0 Å². The van der Waals surface area contributed by atoms with Gasteiger partial charge in [0.2, 0.25) is 0 Å². The van der Waals surface area contributed by atoms with Crippen LogP contribution in [-0.4, -0.2) is 45.4 Å². The minimum absolute atomic E-state index is 0.554. The van der Waals surface area contributed by atoms with E-state index in [1.165, 1.54) is 0 Å². The summed E-state index contributed by atoms with van der Waals surface area (Å²) in [5.74, 6) is 0.0235. The quantitative estimate of drug-likeness (QED) is 0.915. The monoisotopic (exact) mass is 301 g/mol. The van der Waals surface area contributed by atoms with Crippen molar-refractivity contribution in [3.8, 4) is 0 Å². The Morgan fingerprint density at radius 2 is 2.23 bits per heavy atom. The van der Waals surface area contributed by atoms with Crippen LogP contribution in [0.5, 0.6) is 0 Å². The molecular weight excluding hydrogens is 282 g/mol. The number of carboxylic acid groups (broad SMARTS) is 1. The maximum absolute atomic E-state index is 11.7. The highest BCUT2D eigenvalue weighted by atomic mass is 16.4. The number of piperidine rings is 1. The highest BCUT2D eigenvalue weighted by Crippen LogP contribution is 2.30. The van der Waals surface area contributed by atoms with Gasteiger partial charge >= 0.3 is 5.97 Å². The predicted octanol–water partition coefficient (Wildman–Crippen LogP) is 2.07. The van der Waals surface area contributed by atoms with E-state index in [1.807, 2.05) is 24.3 Å². The molecule has 2 aromatic rings. The molecule has 6 nitrogen and oxygen atoms in total. The number of hydrogen-bond donors (Lipinski definition) is 1. The summed E-state index contributed by atoms with van der Waals surface area (Å²) in [6.07, 6.45) is 10.1. The summed E-state index contributed by atoms with van der Waals surface area (Å²) in [7, 11) is 0. The van der Waals surface area contributed by atoms with E-state index in [2.05, 4.69) is 10.00 Å². The minimum atomic E-state index is -0.912. The second kappa shape index (κ2) is 6.19. The lowest BCUT2D eigenvalue weighted by atomic mass is 9.87. The Labute approximate surface area is 128 Å². The number of carboxylic acids is 1. The number of carbonyl (C=O) groups is 1. The second-order valence-electron chi connectivity index (χ2n) is 5.51. The fourth-order valence-corrected chi connectivity index (χ4v) is 2.87. The Bertz CT molecular complexity index is 624. The molecule has 3 rings (SSSR count). The van der Waals surface area contributed by atoms with Gasteiger partial charge in [0, 0.05) is 32.0 Å². The lowest BCUT2D eigenvalue weighted by Crippen LogP contribution is -2.51. The Balaban J connectivity index is 1.60. The van der Waals surface area contributed by atoms with Gasteiger partial charge in [0.25, 0.3) is 0 Å². The third-order valence-electron chi connectivity index (χ3n) is 4.21. The van der Waals surface area contributed by atoms with Crippen LogP contribution in [0.15, 0.2) is 47.3 Å². The van der Waals surface area contributed by atoms with Crippen LogP contribution in [0, 0.1) is 0 Å². The van der Waals surface area contributed by atoms with Crippen LogP contribution in [0.25, 0.3) is 6.08 Å². The van der Waals surface area contributed by atoms with Gasteiger partial charge in [0.1, 0.15) is 5.76 Å². The summed E-state index contributed by atoms with van der Waals surface area (Å²) in [4.78, 5) is 14.0. The van der Waals surface area contributed by atoms with Gasteiger partial charge in [-0.25, -0.2) is 4.79 Å². The zero-order valence-electron chi connectivity index (χ0n) is 12.3. The Morgan fingerprint density at radius 1 is 1.41 bits per heavy atom. The predicted molar refractivity (Wildman–Crippen MR) is 81.3 cm³/mol. The van der Waals surface area contributed by atoms with Crippen molar-refractivity contribution in [1.82, 2.24) is 14.7 Å². The second-order valence-corrected chi connectivity index (χ2v) is 5.51. The molecule has 22 heavy (non-hydrogen) atoms. The zero-order chi connectivity index (χ0) is 15.4. The maximum atomic E-state index is 11.7. The van der Waals surface area contributed by atoms with Gasteiger partial charge in [-0.15, -0.1) is 0 Å². The van der Waals surface area contributed by atoms with Gasteiger partial charge in [-0.3, -0.25) is 9.58 Å². The summed E-state index contributed by atoms with van der Waals surface area (Å²) in [5.41, 5.74) is -0.912. The molecule has 1 aliphatic heterocycles. The van der Waals surface area contributed by atoms with Crippen LogP contribution in [0.4, 0.5) is 0 Å². The van der Waals surface area contributed by atoms with E-state index in [1.54, 1.807) is 29.4 Å². The largest absolute Gasteiger partial charge is 0.479 e. The van der Waals surface area contributed by atoms with Gasteiger partial charge in [-0.1, -0.05) is 6.08 Å². The van der Waals surface area contributed by atoms with Crippen molar-refractivity contribution < 1.29 is 14.3 Å². The van der Waals surface area contributed by atoms with Gasteiger partial charge in [0.05, 0.1) is 6.26 Å². The molecule has 116 valence electrons.